The van der Waals surface area contributed by atoms with Crippen LogP contribution < -0.4 is 0 Å². The summed E-state index contributed by atoms with van der Waals surface area (Å²) in [6.45, 7) is 0. The maximum atomic E-state index is 9.12. The molecule has 5 nitrogen and oxygen atoms in total. The molecule has 1 N–H and O–H groups in total. The highest BCUT2D eigenvalue weighted by Crippen LogP contribution is 2.07. The number of aliphatic hydroxyl groups excluding tert-OH is 1. The van der Waals surface area contributed by atoms with Crippen molar-refractivity contribution < 1.29 is 5.11 Å². The van der Waals surface area contributed by atoms with Gasteiger partial charge in [0.15, 0.2) is 0 Å². The lowest BCUT2D eigenvalue weighted by molar-refractivity contribution is 0.194. The van der Waals surface area contributed by atoms with E-state index in [9.17, 15) is 0 Å². The number of rotatable bonds is 2. The van der Waals surface area contributed by atoms with Crippen LogP contribution in [0.25, 0.3) is 0 Å². The van der Waals surface area contributed by atoms with Gasteiger partial charge in [0.2, 0.25) is 5.82 Å². The summed E-state index contributed by atoms with van der Waals surface area (Å²) in [5.41, 5.74) is 0. The summed E-state index contributed by atoms with van der Waals surface area (Å²) >= 11 is 3.09. The number of alkyl halides is 1. The fourth-order valence-electron chi connectivity index (χ4n) is 0.501. The third kappa shape index (κ3) is 1.51. The smallest absolute Gasteiger partial charge is 0.204 e. The third-order valence-electron chi connectivity index (χ3n) is 0.968. The molecule has 6 heteroatoms. The molecule has 56 valence electrons. The number of aryl methyl sites for hydroxylation is 1. The molecule has 0 spiro atoms. The lowest BCUT2D eigenvalue weighted by Crippen LogP contribution is -2.01. The zero-order valence-electron chi connectivity index (χ0n) is 5.40. The van der Waals surface area contributed by atoms with Crippen molar-refractivity contribution in [2.24, 2.45) is 7.05 Å². The number of nitrogens with zero attached hydrogens (tertiary/aromatic N) is 4. The van der Waals surface area contributed by atoms with Crippen molar-refractivity contribution in [2.75, 3.05) is 5.33 Å². The van der Waals surface area contributed by atoms with Crippen LogP contribution in [0.1, 0.15) is 11.9 Å². The van der Waals surface area contributed by atoms with Gasteiger partial charge in [-0.2, -0.15) is 4.80 Å². The largest absolute Gasteiger partial charge is 0.384 e. The summed E-state index contributed by atoms with van der Waals surface area (Å²) in [6, 6.07) is 0. The SMILES string of the molecule is Cn1nnc(C(O)CBr)n1. The normalized spacial score (nSPS) is 13.5. The minimum Gasteiger partial charge on any atom is -0.384 e. The predicted molar refractivity (Wildman–Crippen MR) is 37.6 cm³/mol. The third-order valence-corrected chi connectivity index (χ3v) is 1.58. The Balaban J connectivity index is 2.74. The molecule has 0 bridgehead atoms. The fourth-order valence-corrected chi connectivity index (χ4v) is 0.791. The average Bonchev–Trinajstić information content (AvgIpc) is 2.34. The summed E-state index contributed by atoms with van der Waals surface area (Å²) in [4.78, 5) is 1.31. The van der Waals surface area contributed by atoms with Gasteiger partial charge < -0.3 is 5.11 Å². The summed E-state index contributed by atoms with van der Waals surface area (Å²) in [6.07, 6.45) is -0.659. The Morgan fingerprint density at radius 1 is 1.80 bits per heavy atom. The van der Waals surface area contributed by atoms with Gasteiger partial charge in [-0.05, 0) is 5.21 Å². The molecule has 1 unspecified atom stereocenters. The first-order chi connectivity index (χ1) is 4.74. The highest BCUT2D eigenvalue weighted by atomic mass is 79.9. The second-order valence-electron chi connectivity index (χ2n) is 1.81. The van der Waals surface area contributed by atoms with Crippen LogP contribution in [0, 0.1) is 0 Å². The first-order valence-corrected chi connectivity index (χ1v) is 3.84. The van der Waals surface area contributed by atoms with Crippen molar-refractivity contribution >= 4 is 15.9 Å². The van der Waals surface area contributed by atoms with E-state index in [1.807, 2.05) is 0 Å². The van der Waals surface area contributed by atoms with E-state index in [0.29, 0.717) is 11.2 Å². The predicted octanol–water partition coefficient (Wildman–Crippen LogP) is -0.362. The summed E-state index contributed by atoms with van der Waals surface area (Å²) in [7, 11) is 1.65. The Kier molecular flexibility index (Phi) is 2.34. The van der Waals surface area contributed by atoms with E-state index in [4.69, 9.17) is 5.11 Å². The van der Waals surface area contributed by atoms with Gasteiger partial charge in [0.25, 0.3) is 0 Å². The molecule has 1 aromatic rings. The van der Waals surface area contributed by atoms with Crippen LogP contribution in [0.15, 0.2) is 0 Å². The Hall–Kier alpha value is -0.490. The number of aliphatic hydroxyl groups is 1. The van der Waals surface area contributed by atoms with Gasteiger partial charge in [-0.15, -0.1) is 10.2 Å². The second kappa shape index (κ2) is 3.07. The van der Waals surface area contributed by atoms with Gasteiger partial charge >= 0.3 is 0 Å². The van der Waals surface area contributed by atoms with E-state index in [2.05, 4.69) is 31.3 Å². The summed E-state index contributed by atoms with van der Waals surface area (Å²) < 4.78 is 0. The Morgan fingerprint density at radius 3 is 2.90 bits per heavy atom. The highest BCUT2D eigenvalue weighted by molar-refractivity contribution is 9.09. The Labute approximate surface area is 66.2 Å². The van der Waals surface area contributed by atoms with E-state index in [1.165, 1.54) is 4.80 Å². The standard InChI is InChI=1S/C4H7BrN4O/c1-9-7-4(6-8-9)3(10)2-5/h3,10H,2H2,1H3. The molecular formula is C4H7BrN4O. The van der Waals surface area contributed by atoms with Crippen LogP contribution in [0.5, 0.6) is 0 Å². The van der Waals surface area contributed by atoms with E-state index in [1.54, 1.807) is 7.05 Å². The summed E-state index contributed by atoms with van der Waals surface area (Å²) in [5, 5.41) is 20.5. The monoisotopic (exact) mass is 206 g/mol. The van der Waals surface area contributed by atoms with E-state index < -0.39 is 6.10 Å². The zero-order valence-corrected chi connectivity index (χ0v) is 6.98. The number of hydrogen-bond acceptors (Lipinski definition) is 4. The molecule has 0 aliphatic heterocycles. The molecule has 1 rings (SSSR count). The molecule has 0 aliphatic carbocycles. The number of aromatic nitrogens is 4. The lowest BCUT2D eigenvalue weighted by Gasteiger charge is -1.96. The van der Waals surface area contributed by atoms with E-state index >= 15 is 0 Å². The first kappa shape index (κ1) is 7.62. The van der Waals surface area contributed by atoms with Gasteiger partial charge in [-0.25, -0.2) is 0 Å². The van der Waals surface area contributed by atoms with Crippen LogP contribution in [0.4, 0.5) is 0 Å². The van der Waals surface area contributed by atoms with Crippen LogP contribution in [0.3, 0.4) is 0 Å². The minimum absolute atomic E-state index is 0.347. The van der Waals surface area contributed by atoms with Crippen molar-refractivity contribution in [1.29, 1.82) is 0 Å². The number of halogens is 1. The van der Waals surface area contributed by atoms with Crippen molar-refractivity contribution in [2.45, 2.75) is 6.10 Å². The molecule has 0 amide bonds. The maximum absolute atomic E-state index is 9.12. The van der Waals surface area contributed by atoms with Crippen LogP contribution in [-0.2, 0) is 7.05 Å². The van der Waals surface area contributed by atoms with Crippen molar-refractivity contribution in [3.63, 3.8) is 0 Å². The number of tetrazole rings is 1. The van der Waals surface area contributed by atoms with Crippen molar-refractivity contribution in [3.05, 3.63) is 5.82 Å². The lowest BCUT2D eigenvalue weighted by atomic mass is 10.4. The van der Waals surface area contributed by atoms with Crippen LogP contribution >= 0.6 is 15.9 Å². The molecule has 10 heavy (non-hydrogen) atoms. The number of hydrogen-bond donors (Lipinski definition) is 1. The average molecular weight is 207 g/mol. The summed E-state index contributed by atoms with van der Waals surface area (Å²) in [5.74, 6) is 0.347. The Morgan fingerprint density at radius 2 is 2.50 bits per heavy atom. The molecular weight excluding hydrogens is 200 g/mol. The molecule has 0 aromatic carbocycles. The van der Waals surface area contributed by atoms with Crippen molar-refractivity contribution in [3.8, 4) is 0 Å². The van der Waals surface area contributed by atoms with E-state index in [-0.39, 0.29) is 0 Å². The van der Waals surface area contributed by atoms with Crippen LogP contribution in [-0.4, -0.2) is 30.6 Å². The highest BCUT2D eigenvalue weighted by Gasteiger charge is 2.10. The molecule has 0 saturated carbocycles. The van der Waals surface area contributed by atoms with Crippen molar-refractivity contribution in [1.82, 2.24) is 20.2 Å². The van der Waals surface area contributed by atoms with Gasteiger partial charge in [-0.1, -0.05) is 15.9 Å². The molecule has 1 aromatic heterocycles. The molecule has 0 aliphatic rings. The van der Waals surface area contributed by atoms with Gasteiger partial charge in [0.1, 0.15) is 6.10 Å². The van der Waals surface area contributed by atoms with E-state index in [0.717, 1.165) is 0 Å². The zero-order chi connectivity index (χ0) is 7.56. The maximum Gasteiger partial charge on any atom is 0.204 e. The molecule has 0 fully saturated rings. The van der Waals surface area contributed by atoms with Crippen LogP contribution in [0.2, 0.25) is 0 Å². The van der Waals surface area contributed by atoms with Gasteiger partial charge in [0.05, 0.1) is 7.05 Å². The quantitative estimate of drug-likeness (QED) is 0.672. The fraction of sp³-hybridized carbons (Fsp3) is 0.750. The Bertz CT molecular complexity index is 213. The molecule has 0 radical (unpaired) electrons. The van der Waals surface area contributed by atoms with Gasteiger partial charge in [-0.3, -0.25) is 0 Å². The first-order valence-electron chi connectivity index (χ1n) is 2.72. The second-order valence-corrected chi connectivity index (χ2v) is 2.45. The topological polar surface area (TPSA) is 63.8 Å². The molecule has 1 heterocycles. The minimum atomic E-state index is -0.659. The molecule has 1 atom stereocenters. The molecule has 0 saturated heterocycles. The van der Waals surface area contributed by atoms with Gasteiger partial charge in [0, 0.05) is 5.33 Å².